The van der Waals surface area contributed by atoms with Crippen LogP contribution in [0.3, 0.4) is 0 Å². The fourth-order valence-corrected chi connectivity index (χ4v) is 0.870. The van der Waals surface area contributed by atoms with Crippen molar-refractivity contribution >= 4 is 0 Å². The Hall–Kier alpha value is -1.33. The predicted octanol–water partition coefficient (Wildman–Crippen LogP) is 2.51. The van der Waals surface area contributed by atoms with Gasteiger partial charge in [0.1, 0.15) is 5.60 Å². The minimum Gasteiger partial charge on any atom is -0.356 e. The van der Waals surface area contributed by atoms with E-state index >= 15 is 0 Å². The van der Waals surface area contributed by atoms with Crippen LogP contribution < -0.4 is 0 Å². The van der Waals surface area contributed by atoms with E-state index < -0.39 is 5.60 Å². The molecule has 0 saturated heterocycles. The number of benzene rings is 1. The Morgan fingerprint density at radius 2 is 1.92 bits per heavy atom. The third kappa shape index (κ3) is 3.27. The first-order chi connectivity index (χ1) is 6.14. The zero-order valence-electron chi connectivity index (χ0n) is 7.95. The van der Waals surface area contributed by atoms with Crippen LogP contribution in [0.1, 0.15) is 19.4 Å². The first kappa shape index (κ1) is 9.76. The Kier molecular flexibility index (Phi) is 3.05. The minimum atomic E-state index is -0.699. The van der Waals surface area contributed by atoms with Crippen molar-refractivity contribution in [2.45, 2.75) is 26.1 Å². The van der Waals surface area contributed by atoms with Crippen LogP contribution in [0.25, 0.3) is 0 Å². The lowest BCUT2D eigenvalue weighted by atomic mass is 10.1. The largest absolute Gasteiger partial charge is 0.356 e. The van der Waals surface area contributed by atoms with E-state index in [1.54, 1.807) is 13.8 Å². The average molecular weight is 175 g/mol. The Balaban J connectivity index is 2.50. The molecule has 1 aromatic carbocycles. The van der Waals surface area contributed by atoms with Gasteiger partial charge >= 0.3 is 0 Å². The summed E-state index contributed by atoms with van der Waals surface area (Å²) < 4.78 is 5.40. The molecule has 0 aliphatic carbocycles. The molecule has 2 heteroatoms. The van der Waals surface area contributed by atoms with Crippen LogP contribution in [-0.4, -0.2) is 5.60 Å². The normalized spacial score (nSPS) is 10.8. The molecule has 2 nitrogen and oxygen atoms in total. The molecule has 0 atom stereocenters. The van der Waals surface area contributed by atoms with E-state index in [-0.39, 0.29) is 0 Å². The van der Waals surface area contributed by atoms with Crippen molar-refractivity contribution < 1.29 is 4.74 Å². The summed E-state index contributed by atoms with van der Waals surface area (Å²) in [5.74, 6) is 0. The molecule has 0 aliphatic rings. The standard InChI is InChI=1S/C11H13NO/c1-11(2,9-12)13-8-10-6-4-3-5-7-10/h3-7H,8H2,1-2H3. The van der Waals surface area contributed by atoms with Gasteiger partial charge in [-0.3, -0.25) is 0 Å². The molecule has 0 spiro atoms. The second-order valence-corrected chi connectivity index (χ2v) is 3.40. The summed E-state index contributed by atoms with van der Waals surface area (Å²) in [6.45, 7) is 4.01. The zero-order chi connectivity index (χ0) is 9.73. The molecular formula is C11H13NO. The van der Waals surface area contributed by atoms with Gasteiger partial charge in [-0.2, -0.15) is 5.26 Å². The van der Waals surface area contributed by atoms with Gasteiger partial charge in [-0.05, 0) is 19.4 Å². The van der Waals surface area contributed by atoms with Crippen molar-refractivity contribution in [3.05, 3.63) is 35.9 Å². The van der Waals surface area contributed by atoms with Crippen molar-refractivity contribution in [3.8, 4) is 6.07 Å². The number of hydrogen-bond acceptors (Lipinski definition) is 2. The molecule has 0 unspecified atom stereocenters. The van der Waals surface area contributed by atoms with E-state index in [4.69, 9.17) is 10.00 Å². The molecule has 0 radical (unpaired) electrons. The fourth-order valence-electron chi connectivity index (χ4n) is 0.870. The maximum atomic E-state index is 8.70. The van der Waals surface area contributed by atoms with Gasteiger partial charge in [-0.1, -0.05) is 30.3 Å². The van der Waals surface area contributed by atoms with Crippen LogP contribution in [0, 0.1) is 11.3 Å². The summed E-state index contributed by atoms with van der Waals surface area (Å²) >= 11 is 0. The van der Waals surface area contributed by atoms with Crippen molar-refractivity contribution in [2.24, 2.45) is 0 Å². The Morgan fingerprint density at radius 3 is 2.46 bits per heavy atom. The summed E-state index contributed by atoms with van der Waals surface area (Å²) in [6, 6.07) is 11.9. The average Bonchev–Trinajstić information content (AvgIpc) is 2.17. The highest BCUT2D eigenvalue weighted by atomic mass is 16.5. The van der Waals surface area contributed by atoms with Crippen molar-refractivity contribution in [3.63, 3.8) is 0 Å². The van der Waals surface area contributed by atoms with Crippen LogP contribution in [0.5, 0.6) is 0 Å². The molecule has 1 aromatic rings. The molecule has 68 valence electrons. The van der Waals surface area contributed by atoms with Crippen LogP contribution in [0.15, 0.2) is 30.3 Å². The molecule has 0 bridgehead atoms. The van der Waals surface area contributed by atoms with Gasteiger partial charge < -0.3 is 4.74 Å². The SMILES string of the molecule is CC(C)(C#N)OCc1ccccc1. The van der Waals surface area contributed by atoms with Gasteiger partial charge in [0.2, 0.25) is 0 Å². The monoisotopic (exact) mass is 175 g/mol. The van der Waals surface area contributed by atoms with Gasteiger partial charge in [0.05, 0.1) is 12.7 Å². The third-order valence-corrected chi connectivity index (χ3v) is 1.71. The molecule has 0 aromatic heterocycles. The number of rotatable bonds is 3. The highest BCUT2D eigenvalue weighted by Crippen LogP contribution is 2.11. The zero-order valence-corrected chi connectivity index (χ0v) is 7.95. The van der Waals surface area contributed by atoms with E-state index in [0.717, 1.165) is 5.56 Å². The Bertz CT molecular complexity index is 298. The van der Waals surface area contributed by atoms with Gasteiger partial charge in [-0.25, -0.2) is 0 Å². The number of nitrogens with zero attached hydrogens (tertiary/aromatic N) is 1. The molecular weight excluding hydrogens is 162 g/mol. The maximum absolute atomic E-state index is 8.70. The smallest absolute Gasteiger partial charge is 0.149 e. The van der Waals surface area contributed by atoms with E-state index in [1.807, 2.05) is 30.3 Å². The Morgan fingerprint density at radius 1 is 1.31 bits per heavy atom. The van der Waals surface area contributed by atoms with Gasteiger partial charge in [0.25, 0.3) is 0 Å². The Labute approximate surface area is 78.8 Å². The van der Waals surface area contributed by atoms with Gasteiger partial charge in [-0.15, -0.1) is 0 Å². The van der Waals surface area contributed by atoms with Crippen LogP contribution in [-0.2, 0) is 11.3 Å². The molecule has 13 heavy (non-hydrogen) atoms. The molecule has 0 heterocycles. The van der Waals surface area contributed by atoms with E-state index in [2.05, 4.69) is 6.07 Å². The predicted molar refractivity (Wildman–Crippen MR) is 50.9 cm³/mol. The quantitative estimate of drug-likeness (QED) is 0.707. The second-order valence-electron chi connectivity index (χ2n) is 3.40. The van der Waals surface area contributed by atoms with Crippen molar-refractivity contribution in [1.82, 2.24) is 0 Å². The number of hydrogen-bond donors (Lipinski definition) is 0. The molecule has 0 N–H and O–H groups in total. The van der Waals surface area contributed by atoms with E-state index in [1.165, 1.54) is 0 Å². The highest BCUT2D eigenvalue weighted by molar-refractivity contribution is 5.13. The summed E-state index contributed by atoms with van der Waals surface area (Å²) in [6.07, 6.45) is 0. The third-order valence-electron chi connectivity index (χ3n) is 1.71. The first-order valence-corrected chi connectivity index (χ1v) is 4.23. The molecule has 0 saturated carbocycles. The topological polar surface area (TPSA) is 33.0 Å². The van der Waals surface area contributed by atoms with Crippen molar-refractivity contribution in [2.75, 3.05) is 0 Å². The van der Waals surface area contributed by atoms with Gasteiger partial charge in [0.15, 0.2) is 0 Å². The van der Waals surface area contributed by atoms with Crippen LogP contribution in [0.2, 0.25) is 0 Å². The van der Waals surface area contributed by atoms with Crippen LogP contribution >= 0.6 is 0 Å². The summed E-state index contributed by atoms with van der Waals surface area (Å²) in [5.41, 5.74) is 0.390. The lowest BCUT2D eigenvalue weighted by molar-refractivity contribution is 0.0129. The summed E-state index contributed by atoms with van der Waals surface area (Å²) in [4.78, 5) is 0. The van der Waals surface area contributed by atoms with Crippen molar-refractivity contribution in [1.29, 1.82) is 5.26 Å². The highest BCUT2D eigenvalue weighted by Gasteiger charge is 2.16. The number of ether oxygens (including phenoxy) is 1. The second kappa shape index (κ2) is 4.06. The summed E-state index contributed by atoms with van der Waals surface area (Å²) in [5, 5.41) is 8.70. The molecule has 0 amide bonds. The van der Waals surface area contributed by atoms with Gasteiger partial charge in [0, 0.05) is 0 Å². The van der Waals surface area contributed by atoms with Crippen LogP contribution in [0.4, 0.5) is 0 Å². The van der Waals surface area contributed by atoms with E-state index in [0.29, 0.717) is 6.61 Å². The lowest BCUT2D eigenvalue weighted by Crippen LogP contribution is -2.21. The number of nitriles is 1. The summed E-state index contributed by atoms with van der Waals surface area (Å²) in [7, 11) is 0. The molecule has 0 fully saturated rings. The molecule has 1 rings (SSSR count). The first-order valence-electron chi connectivity index (χ1n) is 4.23. The fraction of sp³-hybridized carbons (Fsp3) is 0.364. The lowest BCUT2D eigenvalue weighted by Gasteiger charge is -2.16. The van der Waals surface area contributed by atoms with E-state index in [9.17, 15) is 0 Å². The maximum Gasteiger partial charge on any atom is 0.149 e. The molecule has 0 aliphatic heterocycles. The minimum absolute atomic E-state index is 0.487.